The first-order chi connectivity index (χ1) is 19.9. The van der Waals surface area contributed by atoms with Crippen LogP contribution in [0.3, 0.4) is 0 Å². The maximum absolute atomic E-state index is 3.57. The Labute approximate surface area is 300 Å². The van der Waals surface area contributed by atoms with Crippen molar-refractivity contribution in [2.45, 2.75) is 40.7 Å². The molecule has 1 aliphatic heterocycles. The van der Waals surface area contributed by atoms with Crippen molar-refractivity contribution in [1.82, 2.24) is 0 Å². The molecule has 0 N–H and O–H groups in total. The van der Waals surface area contributed by atoms with Crippen LogP contribution in [-0.4, -0.2) is 12.9 Å². The normalized spacial score (nSPS) is 14.1. The molecule has 5 heteroatoms. The van der Waals surface area contributed by atoms with Crippen molar-refractivity contribution >= 4 is 58.9 Å². The van der Waals surface area contributed by atoms with E-state index in [-0.39, 0.29) is 39.7 Å². The number of benzene rings is 4. The summed E-state index contributed by atoms with van der Waals surface area (Å²) in [5, 5.41) is 5.35. The summed E-state index contributed by atoms with van der Waals surface area (Å²) in [4.78, 5) is 2.44. The fraction of sp³-hybridized carbons (Fsp3) is 0.175. The van der Waals surface area contributed by atoms with Gasteiger partial charge in [-0.3, -0.25) is 0 Å². The SMILES string of the molecule is CC(C)C1=[C-]C2=CC(C)N(c3cccc4ccccc34)C2=C1.Cc1cc2c(-c3ccccc3)ccc(C)c2[cH-]1.Cl.Cl.[CH3-].[CH3-].[Si]=[Zr]. The van der Waals surface area contributed by atoms with Crippen LogP contribution in [0.1, 0.15) is 31.9 Å². The molecular weight excluding hydrogens is 685 g/mol. The van der Waals surface area contributed by atoms with Gasteiger partial charge >= 0.3 is 30.2 Å². The summed E-state index contributed by atoms with van der Waals surface area (Å²) in [6.45, 7) is 14.1. The molecule has 2 aliphatic rings. The molecule has 0 aromatic heterocycles. The van der Waals surface area contributed by atoms with E-state index in [4.69, 9.17) is 0 Å². The first-order valence-corrected chi connectivity index (χ1v) is 18.4. The van der Waals surface area contributed by atoms with Gasteiger partial charge in [0, 0.05) is 17.1 Å². The van der Waals surface area contributed by atoms with E-state index in [2.05, 4.69) is 162 Å². The van der Waals surface area contributed by atoms with Gasteiger partial charge in [0.1, 0.15) is 0 Å². The molecule has 1 atom stereocenters. The number of nitrogens with zero attached hydrogens (tertiary/aromatic N) is 1. The standard InChI is InChI=1S/C21H20N.C17H15.2CH3.2ClH.Si.Zr/c1-14(2)17-12-18-11-15(3)22(21(18)13-17)20-10-6-8-16-7-4-5-9-19(16)20;1-12-10-16-13(2)8-9-15(17(16)11-12)14-6-4-3-5-7-14;;;;;;/h4-11,13-15H,1-3H3;3-11H,1-2H3;2*1H3;2*1H;;/q4*-1;;;;. The summed E-state index contributed by atoms with van der Waals surface area (Å²) in [7, 11) is 0. The second-order valence-corrected chi connectivity index (χ2v) is 11.1. The second kappa shape index (κ2) is 18.0. The summed E-state index contributed by atoms with van der Waals surface area (Å²) in [6, 6.07) is 35.1. The quantitative estimate of drug-likeness (QED) is 0.132. The van der Waals surface area contributed by atoms with Crippen molar-refractivity contribution in [1.29, 1.82) is 0 Å². The number of hydrogen-bond acceptors (Lipinski definition) is 1. The molecule has 0 saturated carbocycles. The topological polar surface area (TPSA) is 3.24 Å². The van der Waals surface area contributed by atoms with Crippen molar-refractivity contribution in [3.05, 3.63) is 158 Å². The zero-order valence-corrected chi connectivity index (χ0v) is 32.4. The van der Waals surface area contributed by atoms with Crippen LogP contribution in [0, 0.1) is 40.7 Å². The van der Waals surface area contributed by atoms with Gasteiger partial charge in [-0.15, -0.1) is 88.2 Å². The van der Waals surface area contributed by atoms with Gasteiger partial charge in [-0.25, -0.2) is 0 Å². The number of hydrogen-bond donors (Lipinski definition) is 0. The molecule has 2 radical (unpaired) electrons. The molecule has 0 saturated heterocycles. The summed E-state index contributed by atoms with van der Waals surface area (Å²) < 4.78 is 0. The van der Waals surface area contributed by atoms with Crippen molar-refractivity contribution < 1.29 is 23.3 Å². The van der Waals surface area contributed by atoms with E-state index < -0.39 is 0 Å². The van der Waals surface area contributed by atoms with Crippen molar-refractivity contribution in [3.63, 3.8) is 0 Å². The Kier molecular flexibility index (Phi) is 16.2. The Morgan fingerprint density at radius 1 is 0.822 bits per heavy atom. The Balaban J connectivity index is 0.000000402. The Bertz CT molecular complexity index is 1790. The van der Waals surface area contributed by atoms with E-state index in [0.29, 0.717) is 12.0 Å². The molecule has 7 rings (SSSR count). The predicted molar refractivity (Wildman–Crippen MR) is 201 cm³/mol. The molecular formula is C40H43Cl2NSiZr-4. The molecule has 234 valence electrons. The van der Waals surface area contributed by atoms with E-state index in [9.17, 15) is 0 Å². The molecule has 1 heterocycles. The van der Waals surface area contributed by atoms with Gasteiger partial charge in [0.25, 0.3) is 0 Å². The van der Waals surface area contributed by atoms with Crippen LogP contribution in [-0.2, 0) is 23.3 Å². The van der Waals surface area contributed by atoms with Crippen molar-refractivity contribution in [3.8, 4) is 11.1 Å². The average molecular weight is 728 g/mol. The van der Waals surface area contributed by atoms with E-state index in [1.165, 1.54) is 89.7 Å². The van der Waals surface area contributed by atoms with Crippen LogP contribution < -0.4 is 4.90 Å². The number of aryl methyl sites for hydroxylation is 2. The van der Waals surface area contributed by atoms with Crippen molar-refractivity contribution in [2.24, 2.45) is 5.92 Å². The van der Waals surface area contributed by atoms with Crippen LogP contribution >= 0.6 is 24.8 Å². The van der Waals surface area contributed by atoms with Crippen LogP contribution in [0.2, 0.25) is 0 Å². The molecule has 5 aromatic carbocycles. The van der Waals surface area contributed by atoms with Gasteiger partial charge in [-0.05, 0) is 29.9 Å². The maximum atomic E-state index is 3.57. The molecule has 0 spiro atoms. The van der Waals surface area contributed by atoms with Gasteiger partial charge in [0.2, 0.25) is 0 Å². The Hall–Kier alpha value is -2.55. The summed E-state index contributed by atoms with van der Waals surface area (Å²) in [5.74, 6) is 0.517. The zero-order valence-electron chi connectivity index (χ0n) is 27.3. The summed E-state index contributed by atoms with van der Waals surface area (Å²) >= 11 is 1.36. The minimum atomic E-state index is 0. The third-order valence-electron chi connectivity index (χ3n) is 7.90. The molecule has 5 aromatic rings. The first kappa shape index (κ1) is 40.5. The van der Waals surface area contributed by atoms with Crippen LogP contribution in [0.15, 0.2) is 126 Å². The molecule has 0 fully saturated rings. The fourth-order valence-electron chi connectivity index (χ4n) is 5.88. The number of rotatable bonds is 3. The first-order valence-electron chi connectivity index (χ1n) is 14.2. The third-order valence-corrected chi connectivity index (χ3v) is 7.90. The van der Waals surface area contributed by atoms with Gasteiger partial charge in [-0.1, -0.05) is 112 Å². The van der Waals surface area contributed by atoms with Crippen LogP contribution in [0.4, 0.5) is 5.69 Å². The van der Waals surface area contributed by atoms with Gasteiger partial charge in [-0.2, -0.15) is 6.07 Å². The molecule has 1 unspecified atom stereocenters. The summed E-state index contributed by atoms with van der Waals surface area (Å²) in [6.07, 6.45) is 8.20. The van der Waals surface area contributed by atoms with E-state index in [1.807, 2.05) is 0 Å². The van der Waals surface area contributed by atoms with Gasteiger partial charge < -0.3 is 19.8 Å². The predicted octanol–water partition coefficient (Wildman–Crippen LogP) is 11.5. The van der Waals surface area contributed by atoms with Crippen molar-refractivity contribution in [2.75, 3.05) is 4.90 Å². The van der Waals surface area contributed by atoms with Crippen LogP contribution in [0.5, 0.6) is 0 Å². The third kappa shape index (κ3) is 8.44. The number of halogens is 2. The molecule has 45 heavy (non-hydrogen) atoms. The molecule has 0 bridgehead atoms. The Morgan fingerprint density at radius 2 is 1.47 bits per heavy atom. The van der Waals surface area contributed by atoms with Gasteiger partial charge in [0.15, 0.2) is 0 Å². The van der Waals surface area contributed by atoms with Gasteiger partial charge in [0.05, 0.1) is 0 Å². The molecule has 1 aliphatic carbocycles. The number of anilines is 1. The van der Waals surface area contributed by atoms with E-state index in [0.717, 1.165) is 0 Å². The average Bonchev–Trinajstić information content (AvgIpc) is 3.67. The molecule has 0 amide bonds. The number of allylic oxidation sites excluding steroid dienone is 3. The van der Waals surface area contributed by atoms with E-state index >= 15 is 0 Å². The minimum absolute atomic E-state index is 0. The monoisotopic (exact) mass is 725 g/mol. The second-order valence-electron chi connectivity index (χ2n) is 11.1. The summed E-state index contributed by atoms with van der Waals surface area (Å²) in [5.41, 5.74) is 10.5. The van der Waals surface area contributed by atoms with E-state index in [1.54, 1.807) is 0 Å². The number of fused-ring (bicyclic) bond motifs is 3. The molecule has 1 nitrogen and oxygen atoms in total. The zero-order chi connectivity index (χ0) is 29.1. The van der Waals surface area contributed by atoms with Crippen LogP contribution in [0.25, 0.3) is 32.7 Å². The fourth-order valence-corrected chi connectivity index (χ4v) is 5.88. The Morgan fingerprint density at radius 3 is 2.16 bits per heavy atom.